The second-order valence-electron chi connectivity index (χ2n) is 3.84. The minimum absolute atomic E-state index is 0.0385. The number of carbonyl (C=O) groups is 1. The second kappa shape index (κ2) is 5.51. The van der Waals surface area contributed by atoms with Crippen molar-refractivity contribution < 1.29 is 4.79 Å². The summed E-state index contributed by atoms with van der Waals surface area (Å²) in [7, 11) is 0. The number of nitrogens with two attached hydrogens (primary N) is 1. The molecule has 0 spiro atoms. The van der Waals surface area contributed by atoms with Crippen LogP contribution in [0.15, 0.2) is 30.3 Å². The molecule has 0 bridgehead atoms. The maximum absolute atomic E-state index is 11.7. The summed E-state index contributed by atoms with van der Waals surface area (Å²) in [4.78, 5) is 11.7. The lowest BCUT2D eigenvalue weighted by Crippen LogP contribution is -2.39. The van der Waals surface area contributed by atoms with E-state index in [9.17, 15) is 4.79 Å². The van der Waals surface area contributed by atoms with Gasteiger partial charge in [-0.25, -0.2) is 0 Å². The van der Waals surface area contributed by atoms with Gasteiger partial charge in [0.2, 0.25) is 0 Å². The number of nitrogens with one attached hydrogen (secondary N) is 1. The molecule has 82 valence electrons. The molecule has 0 aliphatic heterocycles. The van der Waals surface area contributed by atoms with E-state index in [4.69, 9.17) is 5.73 Å². The first-order valence-electron chi connectivity index (χ1n) is 5.21. The summed E-state index contributed by atoms with van der Waals surface area (Å²) >= 11 is 0. The Hall–Kier alpha value is -1.35. The van der Waals surface area contributed by atoms with E-state index < -0.39 is 0 Å². The molecule has 1 aromatic carbocycles. The summed E-state index contributed by atoms with van der Waals surface area (Å²) < 4.78 is 0. The Kier molecular flexibility index (Phi) is 4.31. The van der Waals surface area contributed by atoms with Crippen molar-refractivity contribution in [3.8, 4) is 0 Å². The van der Waals surface area contributed by atoms with E-state index in [0.717, 1.165) is 0 Å². The Bertz CT molecular complexity index is 311. The van der Waals surface area contributed by atoms with E-state index in [0.29, 0.717) is 12.1 Å². The van der Waals surface area contributed by atoms with E-state index in [1.165, 1.54) is 0 Å². The summed E-state index contributed by atoms with van der Waals surface area (Å²) in [5.41, 5.74) is 6.22. The molecular formula is C12H18N2O. The van der Waals surface area contributed by atoms with Crippen LogP contribution in [0.25, 0.3) is 0 Å². The van der Waals surface area contributed by atoms with Gasteiger partial charge in [-0.1, -0.05) is 25.1 Å². The smallest absolute Gasteiger partial charge is 0.251 e. The summed E-state index contributed by atoms with van der Waals surface area (Å²) in [6.45, 7) is 4.57. The molecule has 2 atom stereocenters. The van der Waals surface area contributed by atoms with E-state index in [1.54, 1.807) is 12.1 Å². The van der Waals surface area contributed by atoms with Gasteiger partial charge in [-0.3, -0.25) is 4.79 Å². The SMILES string of the molecule is CC(CN)C(C)NC(=O)c1ccccc1. The van der Waals surface area contributed by atoms with Gasteiger partial charge in [0.15, 0.2) is 0 Å². The molecule has 0 fully saturated rings. The van der Waals surface area contributed by atoms with E-state index in [-0.39, 0.29) is 17.9 Å². The van der Waals surface area contributed by atoms with Crippen molar-refractivity contribution in [3.05, 3.63) is 35.9 Å². The van der Waals surface area contributed by atoms with Crippen LogP contribution in [0.1, 0.15) is 24.2 Å². The van der Waals surface area contributed by atoms with Gasteiger partial charge >= 0.3 is 0 Å². The van der Waals surface area contributed by atoms with Gasteiger partial charge < -0.3 is 11.1 Å². The van der Waals surface area contributed by atoms with Crippen LogP contribution in [0.4, 0.5) is 0 Å². The van der Waals surface area contributed by atoms with Crippen molar-refractivity contribution in [1.29, 1.82) is 0 Å². The number of benzene rings is 1. The van der Waals surface area contributed by atoms with Gasteiger partial charge in [0, 0.05) is 11.6 Å². The zero-order valence-electron chi connectivity index (χ0n) is 9.23. The van der Waals surface area contributed by atoms with E-state index in [2.05, 4.69) is 5.32 Å². The molecule has 0 aliphatic carbocycles. The molecule has 0 aliphatic rings. The highest BCUT2D eigenvalue weighted by atomic mass is 16.1. The number of amides is 1. The number of rotatable bonds is 4. The van der Waals surface area contributed by atoms with Crippen LogP contribution in [0.3, 0.4) is 0 Å². The highest BCUT2D eigenvalue weighted by molar-refractivity contribution is 5.94. The molecule has 0 saturated carbocycles. The normalized spacial score (nSPS) is 14.3. The zero-order valence-corrected chi connectivity index (χ0v) is 9.23. The fourth-order valence-electron chi connectivity index (χ4n) is 1.23. The van der Waals surface area contributed by atoms with Crippen LogP contribution < -0.4 is 11.1 Å². The molecule has 3 nitrogen and oxygen atoms in total. The summed E-state index contributed by atoms with van der Waals surface area (Å²) in [5.74, 6) is 0.251. The third-order valence-electron chi connectivity index (χ3n) is 2.62. The molecule has 2 unspecified atom stereocenters. The van der Waals surface area contributed by atoms with E-state index in [1.807, 2.05) is 32.0 Å². The number of hydrogen-bond acceptors (Lipinski definition) is 2. The maximum atomic E-state index is 11.7. The summed E-state index contributed by atoms with van der Waals surface area (Å²) in [5, 5.41) is 2.93. The predicted molar refractivity (Wildman–Crippen MR) is 61.6 cm³/mol. The average Bonchev–Trinajstić information content (AvgIpc) is 2.29. The molecule has 3 heteroatoms. The van der Waals surface area contributed by atoms with Crippen LogP contribution in [0, 0.1) is 5.92 Å². The Morgan fingerprint density at radius 2 is 1.93 bits per heavy atom. The van der Waals surface area contributed by atoms with Crippen LogP contribution >= 0.6 is 0 Å². The van der Waals surface area contributed by atoms with Gasteiger partial charge in [0.1, 0.15) is 0 Å². The molecule has 1 rings (SSSR count). The van der Waals surface area contributed by atoms with Crippen molar-refractivity contribution in [2.75, 3.05) is 6.54 Å². The molecule has 3 N–H and O–H groups in total. The number of hydrogen-bond donors (Lipinski definition) is 2. The second-order valence-corrected chi connectivity index (χ2v) is 3.84. The highest BCUT2D eigenvalue weighted by Crippen LogP contribution is 2.03. The lowest BCUT2D eigenvalue weighted by atomic mass is 10.0. The minimum Gasteiger partial charge on any atom is -0.349 e. The first kappa shape index (κ1) is 11.7. The first-order chi connectivity index (χ1) is 7.15. The molecule has 0 radical (unpaired) electrons. The van der Waals surface area contributed by atoms with Crippen LogP contribution in [0.5, 0.6) is 0 Å². The fourth-order valence-corrected chi connectivity index (χ4v) is 1.23. The van der Waals surface area contributed by atoms with Crippen molar-refractivity contribution >= 4 is 5.91 Å². The molecular weight excluding hydrogens is 188 g/mol. The van der Waals surface area contributed by atoms with Gasteiger partial charge in [0.05, 0.1) is 0 Å². The average molecular weight is 206 g/mol. The van der Waals surface area contributed by atoms with Gasteiger partial charge in [-0.15, -0.1) is 0 Å². The van der Waals surface area contributed by atoms with Crippen molar-refractivity contribution in [1.82, 2.24) is 5.32 Å². The third-order valence-corrected chi connectivity index (χ3v) is 2.62. The van der Waals surface area contributed by atoms with Crippen molar-refractivity contribution in [3.63, 3.8) is 0 Å². The molecule has 15 heavy (non-hydrogen) atoms. The Morgan fingerprint density at radius 1 is 1.33 bits per heavy atom. The van der Waals surface area contributed by atoms with Gasteiger partial charge in [0.25, 0.3) is 5.91 Å². The van der Waals surface area contributed by atoms with Gasteiger partial charge in [-0.05, 0) is 31.5 Å². The standard InChI is InChI=1S/C12H18N2O/c1-9(8-13)10(2)14-12(15)11-6-4-3-5-7-11/h3-7,9-10H,8,13H2,1-2H3,(H,14,15). The quantitative estimate of drug-likeness (QED) is 0.782. The minimum atomic E-state index is -0.0385. The summed E-state index contributed by atoms with van der Waals surface area (Å²) in [6.07, 6.45) is 0. The van der Waals surface area contributed by atoms with Gasteiger partial charge in [-0.2, -0.15) is 0 Å². The Labute approximate surface area is 90.7 Å². The monoisotopic (exact) mass is 206 g/mol. The molecule has 1 aromatic rings. The van der Waals surface area contributed by atoms with E-state index >= 15 is 0 Å². The molecule has 0 heterocycles. The Balaban J connectivity index is 2.57. The maximum Gasteiger partial charge on any atom is 0.251 e. The number of carbonyl (C=O) groups excluding carboxylic acids is 1. The van der Waals surface area contributed by atoms with Crippen LogP contribution in [-0.2, 0) is 0 Å². The first-order valence-corrected chi connectivity index (χ1v) is 5.21. The largest absolute Gasteiger partial charge is 0.349 e. The zero-order chi connectivity index (χ0) is 11.3. The summed E-state index contributed by atoms with van der Waals surface area (Å²) in [6, 6.07) is 9.30. The predicted octanol–water partition coefficient (Wildman–Crippen LogP) is 1.40. The topological polar surface area (TPSA) is 55.1 Å². The lowest BCUT2D eigenvalue weighted by molar-refractivity contribution is 0.0929. The Morgan fingerprint density at radius 3 is 2.47 bits per heavy atom. The molecule has 0 aromatic heterocycles. The molecule has 1 amide bonds. The highest BCUT2D eigenvalue weighted by Gasteiger charge is 2.13. The van der Waals surface area contributed by atoms with Crippen LogP contribution in [0.2, 0.25) is 0 Å². The van der Waals surface area contributed by atoms with Crippen LogP contribution in [-0.4, -0.2) is 18.5 Å². The lowest BCUT2D eigenvalue weighted by Gasteiger charge is -2.19. The van der Waals surface area contributed by atoms with Crippen molar-refractivity contribution in [2.45, 2.75) is 19.9 Å². The van der Waals surface area contributed by atoms with Crippen molar-refractivity contribution in [2.24, 2.45) is 11.7 Å². The fraction of sp³-hybridized carbons (Fsp3) is 0.417. The molecule has 0 saturated heterocycles. The third kappa shape index (κ3) is 3.36.